The lowest BCUT2D eigenvalue weighted by molar-refractivity contribution is 0.0645. The number of nitrogens with one attached hydrogen (secondary N) is 2. The summed E-state index contributed by atoms with van der Waals surface area (Å²) in [5.41, 5.74) is 2.58. The van der Waals surface area contributed by atoms with Crippen molar-refractivity contribution in [2.45, 2.75) is 57.6 Å². The zero-order chi connectivity index (χ0) is 14.5. The van der Waals surface area contributed by atoms with Gasteiger partial charge in [0.25, 0.3) is 0 Å². The van der Waals surface area contributed by atoms with Crippen LogP contribution in [0.3, 0.4) is 0 Å². The van der Waals surface area contributed by atoms with E-state index in [-0.39, 0.29) is 0 Å². The van der Waals surface area contributed by atoms with Gasteiger partial charge in [0.15, 0.2) is 0 Å². The van der Waals surface area contributed by atoms with Crippen molar-refractivity contribution in [3.63, 3.8) is 0 Å². The summed E-state index contributed by atoms with van der Waals surface area (Å²) in [7, 11) is 0. The third-order valence-electron chi connectivity index (χ3n) is 4.46. The van der Waals surface area contributed by atoms with Crippen LogP contribution in [0.1, 0.15) is 43.9 Å². The minimum Gasteiger partial charge on any atom is -0.377 e. The molecule has 1 aromatic heterocycles. The molecule has 0 aromatic carbocycles. The van der Waals surface area contributed by atoms with Crippen LogP contribution in [0, 0.1) is 0 Å². The fraction of sp³-hybridized carbons (Fsp3) is 0.706. The van der Waals surface area contributed by atoms with Crippen molar-refractivity contribution in [3.05, 3.63) is 23.4 Å². The molecule has 0 saturated carbocycles. The van der Waals surface area contributed by atoms with Crippen LogP contribution in [0.5, 0.6) is 0 Å². The highest BCUT2D eigenvalue weighted by atomic mass is 16.5. The highest BCUT2D eigenvalue weighted by molar-refractivity contribution is 5.48. The first kappa shape index (κ1) is 14.8. The number of hydrogen-bond donors (Lipinski definition) is 2. The number of aromatic nitrogens is 1. The molecule has 116 valence electrons. The topological polar surface area (TPSA) is 46.2 Å². The second-order valence-electron chi connectivity index (χ2n) is 6.34. The molecule has 1 unspecified atom stereocenters. The molecule has 1 aromatic rings. The summed E-state index contributed by atoms with van der Waals surface area (Å²) < 4.78 is 5.85. The molecule has 21 heavy (non-hydrogen) atoms. The van der Waals surface area contributed by atoms with Crippen molar-refractivity contribution in [2.75, 3.05) is 25.0 Å². The molecule has 1 fully saturated rings. The Balaban J connectivity index is 1.40. The second kappa shape index (κ2) is 7.23. The van der Waals surface area contributed by atoms with Crippen molar-refractivity contribution >= 4 is 5.82 Å². The summed E-state index contributed by atoms with van der Waals surface area (Å²) in [6.07, 6.45) is 7.30. The smallest absolute Gasteiger partial charge is 0.129 e. The maximum absolute atomic E-state index is 5.85. The second-order valence-corrected chi connectivity index (χ2v) is 6.34. The van der Waals surface area contributed by atoms with Crippen LogP contribution >= 0.6 is 0 Å². The zero-order valence-electron chi connectivity index (χ0n) is 13.0. The SMILES string of the molecule is CC1CCc2ccc(CCCCO[C@@H]3CCNC3)nc2N1. The van der Waals surface area contributed by atoms with E-state index in [4.69, 9.17) is 9.72 Å². The van der Waals surface area contributed by atoms with E-state index in [0.717, 1.165) is 57.6 Å². The van der Waals surface area contributed by atoms with Crippen LogP contribution < -0.4 is 10.6 Å². The molecule has 0 radical (unpaired) electrons. The molecule has 2 aliphatic rings. The van der Waals surface area contributed by atoms with Gasteiger partial charge in [-0.05, 0) is 63.6 Å². The standard InChI is InChI=1S/C17H27N3O/c1-13-5-6-14-7-8-15(20-17(14)19-13)4-2-3-11-21-16-9-10-18-12-16/h7-8,13,16,18H,2-6,9-12H2,1H3,(H,19,20)/t13?,16-/m1/s1. The number of fused-ring (bicyclic) bond motifs is 1. The van der Waals surface area contributed by atoms with Gasteiger partial charge in [-0.2, -0.15) is 0 Å². The Bertz CT molecular complexity index is 457. The van der Waals surface area contributed by atoms with Gasteiger partial charge in [-0.1, -0.05) is 6.07 Å². The monoisotopic (exact) mass is 289 g/mol. The highest BCUT2D eigenvalue weighted by Gasteiger charge is 2.16. The molecule has 3 heterocycles. The zero-order valence-corrected chi connectivity index (χ0v) is 13.0. The minimum absolute atomic E-state index is 0.442. The summed E-state index contributed by atoms with van der Waals surface area (Å²) in [5, 5.41) is 6.83. The molecule has 1 saturated heterocycles. The molecular weight excluding hydrogens is 262 g/mol. The van der Waals surface area contributed by atoms with E-state index in [9.17, 15) is 0 Å². The van der Waals surface area contributed by atoms with Crippen LogP contribution in [0.4, 0.5) is 5.82 Å². The van der Waals surface area contributed by atoms with E-state index in [0.29, 0.717) is 12.1 Å². The van der Waals surface area contributed by atoms with Crippen LogP contribution in [-0.4, -0.2) is 36.8 Å². The van der Waals surface area contributed by atoms with Crippen molar-refractivity contribution < 1.29 is 4.74 Å². The van der Waals surface area contributed by atoms with Gasteiger partial charge in [0, 0.05) is 24.9 Å². The summed E-state index contributed by atoms with van der Waals surface area (Å²) in [6.45, 7) is 5.24. The van der Waals surface area contributed by atoms with Gasteiger partial charge in [-0.3, -0.25) is 0 Å². The van der Waals surface area contributed by atoms with Crippen molar-refractivity contribution in [1.29, 1.82) is 0 Å². The lowest BCUT2D eigenvalue weighted by Gasteiger charge is -2.23. The lowest BCUT2D eigenvalue weighted by atomic mass is 10.0. The molecule has 4 nitrogen and oxygen atoms in total. The molecule has 0 spiro atoms. The van der Waals surface area contributed by atoms with E-state index >= 15 is 0 Å². The van der Waals surface area contributed by atoms with Crippen LogP contribution in [0.2, 0.25) is 0 Å². The third-order valence-corrected chi connectivity index (χ3v) is 4.46. The van der Waals surface area contributed by atoms with Gasteiger partial charge in [-0.25, -0.2) is 4.98 Å². The number of unbranched alkanes of at least 4 members (excludes halogenated alkanes) is 1. The predicted molar refractivity (Wildman–Crippen MR) is 85.8 cm³/mol. The van der Waals surface area contributed by atoms with E-state index in [1.165, 1.54) is 17.7 Å². The van der Waals surface area contributed by atoms with Gasteiger partial charge in [0.1, 0.15) is 5.82 Å². The Hall–Kier alpha value is -1.13. The Morgan fingerprint density at radius 1 is 1.29 bits per heavy atom. The fourth-order valence-corrected chi connectivity index (χ4v) is 3.10. The first-order valence-electron chi connectivity index (χ1n) is 8.39. The average molecular weight is 289 g/mol. The Morgan fingerprint density at radius 3 is 3.10 bits per heavy atom. The van der Waals surface area contributed by atoms with E-state index in [1.54, 1.807) is 0 Å². The molecule has 0 amide bonds. The highest BCUT2D eigenvalue weighted by Crippen LogP contribution is 2.23. The molecule has 2 N–H and O–H groups in total. The van der Waals surface area contributed by atoms with E-state index in [2.05, 4.69) is 29.7 Å². The summed E-state index contributed by atoms with van der Waals surface area (Å²) in [4.78, 5) is 4.78. The Labute approximate surface area is 127 Å². The van der Waals surface area contributed by atoms with Crippen molar-refractivity contribution in [2.24, 2.45) is 0 Å². The normalized spacial score (nSPS) is 24.6. The summed E-state index contributed by atoms with van der Waals surface area (Å²) in [5.74, 6) is 1.11. The van der Waals surface area contributed by atoms with Gasteiger partial charge in [-0.15, -0.1) is 0 Å². The number of pyridine rings is 1. The molecule has 2 atom stereocenters. The number of aryl methyl sites for hydroxylation is 2. The maximum Gasteiger partial charge on any atom is 0.129 e. The first-order valence-corrected chi connectivity index (χ1v) is 8.39. The van der Waals surface area contributed by atoms with Gasteiger partial charge < -0.3 is 15.4 Å². The Kier molecular flexibility index (Phi) is 5.09. The number of anilines is 1. The predicted octanol–water partition coefficient (Wildman–Crippen LogP) is 2.53. The molecule has 2 aliphatic heterocycles. The third kappa shape index (κ3) is 4.17. The van der Waals surface area contributed by atoms with Crippen LogP contribution in [0.15, 0.2) is 12.1 Å². The minimum atomic E-state index is 0.442. The van der Waals surface area contributed by atoms with Crippen LogP contribution in [0.25, 0.3) is 0 Å². The summed E-state index contributed by atoms with van der Waals surface area (Å²) in [6, 6.07) is 4.99. The quantitative estimate of drug-likeness (QED) is 0.790. The molecule has 0 aliphatic carbocycles. The molecule has 0 bridgehead atoms. The molecule has 3 rings (SSSR count). The van der Waals surface area contributed by atoms with Crippen molar-refractivity contribution in [1.82, 2.24) is 10.3 Å². The van der Waals surface area contributed by atoms with Gasteiger partial charge in [0.2, 0.25) is 0 Å². The van der Waals surface area contributed by atoms with E-state index < -0.39 is 0 Å². The fourth-order valence-electron chi connectivity index (χ4n) is 3.10. The Morgan fingerprint density at radius 2 is 2.24 bits per heavy atom. The number of ether oxygens (including phenoxy) is 1. The largest absolute Gasteiger partial charge is 0.377 e. The summed E-state index contributed by atoms with van der Waals surface area (Å²) >= 11 is 0. The number of nitrogens with zero attached hydrogens (tertiary/aromatic N) is 1. The van der Waals surface area contributed by atoms with Gasteiger partial charge >= 0.3 is 0 Å². The number of rotatable bonds is 6. The van der Waals surface area contributed by atoms with Crippen molar-refractivity contribution in [3.8, 4) is 0 Å². The maximum atomic E-state index is 5.85. The average Bonchev–Trinajstić information content (AvgIpc) is 3.00. The number of hydrogen-bond acceptors (Lipinski definition) is 4. The van der Waals surface area contributed by atoms with Gasteiger partial charge in [0.05, 0.1) is 6.10 Å². The molecule has 4 heteroatoms. The lowest BCUT2D eigenvalue weighted by Crippen LogP contribution is -2.23. The first-order chi connectivity index (χ1) is 10.3. The molecular formula is C17H27N3O. The van der Waals surface area contributed by atoms with Crippen LogP contribution in [-0.2, 0) is 17.6 Å². The van der Waals surface area contributed by atoms with E-state index in [1.807, 2.05) is 0 Å².